The Morgan fingerprint density at radius 2 is 2.00 bits per heavy atom. The van der Waals surface area contributed by atoms with Crippen molar-refractivity contribution in [2.45, 2.75) is 50.7 Å². The highest BCUT2D eigenvalue weighted by Gasteiger charge is 2.15. The van der Waals surface area contributed by atoms with E-state index in [1.807, 2.05) is 18.2 Å². The van der Waals surface area contributed by atoms with Gasteiger partial charge in [0, 0.05) is 36.1 Å². The number of nitrogens with one attached hydrogen (secondary N) is 2. The molecule has 0 unspecified atom stereocenters. The average molecular weight is 325 g/mol. The van der Waals surface area contributed by atoms with Crippen LogP contribution in [0.2, 0.25) is 5.02 Å². The van der Waals surface area contributed by atoms with Crippen molar-refractivity contribution in [1.29, 1.82) is 0 Å². The minimum absolute atomic E-state index is 0.0895. The molecule has 1 aliphatic rings. The van der Waals surface area contributed by atoms with Crippen LogP contribution in [0.1, 0.15) is 50.2 Å². The molecular weight excluding hydrogens is 300 g/mol. The minimum atomic E-state index is -0.657. The Kier molecular flexibility index (Phi) is 7.16. The quantitative estimate of drug-likeness (QED) is 0.676. The predicted molar refractivity (Wildman–Crippen MR) is 88.9 cm³/mol. The lowest BCUT2D eigenvalue weighted by Crippen LogP contribution is -2.37. The van der Waals surface area contributed by atoms with Crippen LogP contribution < -0.4 is 10.6 Å². The number of hydrogen-bond donors (Lipinski definition) is 3. The number of aliphatic hydroxyl groups is 1. The molecule has 5 heteroatoms. The Hall–Kier alpha value is -1.10. The fourth-order valence-corrected chi connectivity index (χ4v) is 3.10. The van der Waals surface area contributed by atoms with Crippen molar-refractivity contribution in [2.75, 3.05) is 13.1 Å². The van der Waals surface area contributed by atoms with Gasteiger partial charge in [0.05, 0.1) is 6.10 Å². The summed E-state index contributed by atoms with van der Waals surface area (Å²) in [6.07, 6.45) is 5.70. The molecular formula is C17H25ClN2O2. The molecule has 4 nitrogen and oxygen atoms in total. The highest BCUT2D eigenvalue weighted by molar-refractivity contribution is 6.31. The zero-order valence-electron chi connectivity index (χ0n) is 12.9. The molecule has 122 valence electrons. The van der Waals surface area contributed by atoms with Gasteiger partial charge in [0.15, 0.2) is 0 Å². The van der Waals surface area contributed by atoms with Gasteiger partial charge in [-0.2, -0.15) is 0 Å². The van der Waals surface area contributed by atoms with E-state index in [-0.39, 0.29) is 5.91 Å². The Morgan fingerprint density at radius 3 is 2.73 bits per heavy atom. The molecule has 1 aromatic rings. The van der Waals surface area contributed by atoms with Crippen LogP contribution in [0.5, 0.6) is 0 Å². The van der Waals surface area contributed by atoms with Crippen molar-refractivity contribution >= 4 is 17.5 Å². The van der Waals surface area contributed by atoms with Crippen LogP contribution >= 0.6 is 11.6 Å². The van der Waals surface area contributed by atoms with Gasteiger partial charge in [-0.1, -0.05) is 49.1 Å². The van der Waals surface area contributed by atoms with Gasteiger partial charge >= 0.3 is 0 Å². The molecule has 1 atom stereocenters. The summed E-state index contributed by atoms with van der Waals surface area (Å²) in [5, 5.41) is 16.8. The normalized spacial score (nSPS) is 17.2. The maximum Gasteiger partial charge on any atom is 0.221 e. The molecule has 1 amide bonds. The Balaban J connectivity index is 1.62. The van der Waals surface area contributed by atoms with E-state index in [1.54, 1.807) is 6.07 Å². The molecule has 1 saturated carbocycles. The van der Waals surface area contributed by atoms with Gasteiger partial charge in [0.1, 0.15) is 0 Å². The molecule has 0 saturated heterocycles. The average Bonchev–Trinajstić information content (AvgIpc) is 2.53. The first kappa shape index (κ1) is 17.3. The molecule has 0 bridgehead atoms. The van der Waals surface area contributed by atoms with Gasteiger partial charge in [-0.15, -0.1) is 0 Å². The smallest absolute Gasteiger partial charge is 0.221 e. The fourth-order valence-electron chi connectivity index (χ4n) is 2.84. The van der Waals surface area contributed by atoms with Gasteiger partial charge in [-0.25, -0.2) is 0 Å². The zero-order chi connectivity index (χ0) is 15.8. The van der Waals surface area contributed by atoms with E-state index in [0.29, 0.717) is 36.1 Å². The van der Waals surface area contributed by atoms with Crippen LogP contribution in [0.15, 0.2) is 24.3 Å². The number of halogens is 1. The second-order valence-corrected chi connectivity index (χ2v) is 6.30. The molecule has 22 heavy (non-hydrogen) atoms. The molecule has 1 aliphatic carbocycles. The number of carbonyl (C=O) groups is 1. The Morgan fingerprint density at radius 1 is 1.27 bits per heavy atom. The van der Waals surface area contributed by atoms with Crippen molar-refractivity contribution in [3.05, 3.63) is 34.9 Å². The largest absolute Gasteiger partial charge is 0.387 e. The Bertz CT molecular complexity index is 475. The first-order valence-electron chi connectivity index (χ1n) is 8.09. The van der Waals surface area contributed by atoms with Crippen LogP contribution in [0.25, 0.3) is 0 Å². The maximum atomic E-state index is 11.8. The minimum Gasteiger partial charge on any atom is -0.387 e. The third-order valence-electron chi connectivity index (χ3n) is 4.10. The van der Waals surface area contributed by atoms with Crippen LogP contribution in [-0.4, -0.2) is 30.1 Å². The second-order valence-electron chi connectivity index (χ2n) is 5.89. The number of hydrogen-bond acceptors (Lipinski definition) is 3. The lowest BCUT2D eigenvalue weighted by molar-refractivity contribution is -0.121. The third-order valence-corrected chi connectivity index (χ3v) is 4.45. The van der Waals surface area contributed by atoms with Crippen molar-refractivity contribution in [3.63, 3.8) is 0 Å². The molecule has 0 aromatic heterocycles. The van der Waals surface area contributed by atoms with Crippen molar-refractivity contribution < 1.29 is 9.90 Å². The maximum absolute atomic E-state index is 11.8. The first-order chi connectivity index (χ1) is 10.7. The zero-order valence-corrected chi connectivity index (χ0v) is 13.6. The van der Waals surface area contributed by atoms with Gasteiger partial charge in [-0.3, -0.25) is 4.79 Å². The summed E-state index contributed by atoms with van der Waals surface area (Å²) in [6.45, 7) is 0.945. The number of amides is 1. The van der Waals surface area contributed by atoms with Crippen LogP contribution in [0.4, 0.5) is 0 Å². The second kappa shape index (κ2) is 9.13. The third kappa shape index (κ3) is 5.59. The summed E-state index contributed by atoms with van der Waals surface area (Å²) in [6, 6.07) is 7.61. The van der Waals surface area contributed by atoms with E-state index in [4.69, 9.17) is 11.6 Å². The van der Waals surface area contributed by atoms with E-state index >= 15 is 0 Å². The highest BCUT2D eigenvalue weighted by atomic mass is 35.5. The SMILES string of the molecule is O=C(CCNC[C@@H](O)c1ccccc1Cl)NC1CCCCC1. The molecule has 0 aliphatic heterocycles. The first-order valence-corrected chi connectivity index (χ1v) is 8.47. The summed E-state index contributed by atoms with van der Waals surface area (Å²) in [5.74, 6) is 0.0895. The summed E-state index contributed by atoms with van der Waals surface area (Å²) in [5.41, 5.74) is 0.711. The number of rotatable bonds is 7. The van der Waals surface area contributed by atoms with Gasteiger partial charge in [0.25, 0.3) is 0 Å². The van der Waals surface area contributed by atoms with Crippen LogP contribution in [0, 0.1) is 0 Å². The molecule has 2 rings (SSSR count). The lowest BCUT2D eigenvalue weighted by atomic mass is 9.95. The summed E-state index contributed by atoms with van der Waals surface area (Å²) in [4.78, 5) is 11.8. The van der Waals surface area contributed by atoms with E-state index in [0.717, 1.165) is 12.8 Å². The fraction of sp³-hybridized carbons (Fsp3) is 0.588. The molecule has 3 N–H and O–H groups in total. The van der Waals surface area contributed by atoms with E-state index < -0.39 is 6.10 Å². The van der Waals surface area contributed by atoms with Gasteiger partial charge in [0.2, 0.25) is 5.91 Å². The van der Waals surface area contributed by atoms with Crippen molar-refractivity contribution in [1.82, 2.24) is 10.6 Å². The van der Waals surface area contributed by atoms with Gasteiger partial charge in [-0.05, 0) is 18.9 Å². The monoisotopic (exact) mass is 324 g/mol. The summed E-state index contributed by atoms with van der Waals surface area (Å²) >= 11 is 6.04. The standard InChI is InChI=1S/C17H25ClN2O2/c18-15-9-5-4-8-14(15)16(21)12-19-11-10-17(22)20-13-6-2-1-3-7-13/h4-5,8-9,13,16,19,21H,1-3,6-7,10-12H2,(H,20,22)/t16-/m1/s1. The topological polar surface area (TPSA) is 61.4 Å². The Labute approximate surface area is 137 Å². The molecule has 1 fully saturated rings. The highest BCUT2D eigenvalue weighted by Crippen LogP contribution is 2.21. The van der Waals surface area contributed by atoms with E-state index in [9.17, 15) is 9.90 Å². The number of aliphatic hydroxyl groups excluding tert-OH is 1. The number of benzene rings is 1. The lowest BCUT2D eigenvalue weighted by Gasteiger charge is -2.22. The summed E-state index contributed by atoms with van der Waals surface area (Å²) in [7, 11) is 0. The van der Waals surface area contributed by atoms with Crippen LogP contribution in [-0.2, 0) is 4.79 Å². The van der Waals surface area contributed by atoms with Crippen molar-refractivity contribution in [2.24, 2.45) is 0 Å². The van der Waals surface area contributed by atoms with Crippen LogP contribution in [0.3, 0.4) is 0 Å². The predicted octanol–water partition coefficient (Wildman–Crippen LogP) is 2.80. The molecule has 0 radical (unpaired) electrons. The van der Waals surface area contributed by atoms with E-state index in [2.05, 4.69) is 10.6 Å². The van der Waals surface area contributed by atoms with Crippen molar-refractivity contribution in [3.8, 4) is 0 Å². The molecule has 0 heterocycles. The van der Waals surface area contributed by atoms with Gasteiger partial charge < -0.3 is 15.7 Å². The molecule has 1 aromatic carbocycles. The number of carbonyl (C=O) groups excluding carboxylic acids is 1. The summed E-state index contributed by atoms with van der Waals surface area (Å²) < 4.78 is 0. The van der Waals surface area contributed by atoms with E-state index in [1.165, 1.54) is 19.3 Å². The molecule has 0 spiro atoms.